The third-order valence-corrected chi connectivity index (χ3v) is 9.06. The van der Waals surface area contributed by atoms with Crippen molar-refractivity contribution in [2.45, 2.75) is 34.1 Å². The molecule has 0 saturated heterocycles. The van der Waals surface area contributed by atoms with Crippen LogP contribution < -0.4 is 10.4 Å². The Morgan fingerprint density at radius 1 is 0.724 bits per heavy atom. The number of aryl methyl sites for hydroxylation is 1. The number of benzene rings is 3. The zero-order chi connectivity index (χ0) is 20.4. The fourth-order valence-corrected chi connectivity index (χ4v) is 8.24. The lowest BCUT2D eigenvalue weighted by molar-refractivity contribution is 0.517. The van der Waals surface area contributed by atoms with Crippen LogP contribution in [-0.2, 0) is 0 Å². The molecule has 0 saturated carbocycles. The van der Waals surface area contributed by atoms with E-state index in [-0.39, 0.29) is 5.41 Å². The number of hydrogen-bond acceptors (Lipinski definition) is 0. The van der Waals surface area contributed by atoms with Gasteiger partial charge in [0, 0.05) is 0 Å². The van der Waals surface area contributed by atoms with Gasteiger partial charge in [-0.1, -0.05) is 133 Å². The summed E-state index contributed by atoms with van der Waals surface area (Å²) in [6, 6.07) is 31.3. The van der Waals surface area contributed by atoms with Crippen molar-refractivity contribution in [2.75, 3.05) is 0 Å². The Bertz CT molecular complexity index is 1010. The average molecular weight is 395 g/mol. The molecule has 0 radical (unpaired) electrons. The Balaban J connectivity index is 1.91. The Morgan fingerprint density at radius 3 is 1.83 bits per heavy atom. The maximum absolute atomic E-state index is 2.54. The minimum atomic E-state index is -1.53. The molecule has 29 heavy (non-hydrogen) atoms. The first kappa shape index (κ1) is 19.7. The molecular weight excluding hydrogens is 364 g/mol. The van der Waals surface area contributed by atoms with Crippen molar-refractivity contribution in [2.24, 2.45) is 5.41 Å². The van der Waals surface area contributed by atoms with Crippen molar-refractivity contribution in [1.82, 2.24) is 0 Å². The highest BCUT2D eigenvalue weighted by Gasteiger charge is 2.34. The molecule has 0 atom stereocenters. The Kier molecular flexibility index (Phi) is 5.43. The van der Waals surface area contributed by atoms with Gasteiger partial charge < -0.3 is 0 Å². The molecule has 0 spiro atoms. The van der Waals surface area contributed by atoms with Crippen LogP contribution in [0.4, 0.5) is 0 Å². The van der Waals surface area contributed by atoms with Gasteiger partial charge in [0.1, 0.15) is 8.80 Å². The van der Waals surface area contributed by atoms with Crippen LogP contribution in [0.15, 0.2) is 102 Å². The van der Waals surface area contributed by atoms with Crippen LogP contribution >= 0.6 is 0 Å². The molecule has 0 unspecified atom stereocenters. The molecule has 0 heterocycles. The first-order chi connectivity index (χ1) is 13.9. The van der Waals surface area contributed by atoms with E-state index in [9.17, 15) is 0 Å². The Hall–Kier alpha value is -2.64. The van der Waals surface area contributed by atoms with E-state index >= 15 is 0 Å². The summed E-state index contributed by atoms with van der Waals surface area (Å²) in [6.07, 6.45) is 3.57. The van der Waals surface area contributed by atoms with Gasteiger partial charge in [-0.15, -0.1) is 0 Å². The van der Waals surface area contributed by atoms with Crippen molar-refractivity contribution in [3.8, 4) is 0 Å². The lowest BCUT2D eigenvalue weighted by atomic mass is 9.82. The van der Waals surface area contributed by atoms with Crippen LogP contribution in [-0.4, -0.2) is 8.80 Å². The third kappa shape index (κ3) is 4.06. The van der Waals surface area contributed by atoms with Crippen molar-refractivity contribution >= 4 is 24.7 Å². The Morgan fingerprint density at radius 2 is 1.31 bits per heavy atom. The van der Waals surface area contributed by atoms with Crippen LogP contribution in [0.2, 0.25) is 0 Å². The maximum Gasteiger partial charge on any atom is 0.132 e. The highest BCUT2D eigenvalue weighted by atomic mass is 28.3. The zero-order valence-electron chi connectivity index (χ0n) is 17.9. The lowest BCUT2D eigenvalue weighted by Gasteiger charge is -2.30. The van der Waals surface area contributed by atoms with Gasteiger partial charge in [-0.3, -0.25) is 0 Å². The first-order valence-corrected chi connectivity index (χ1v) is 12.3. The fourth-order valence-electron chi connectivity index (χ4n) is 4.68. The van der Waals surface area contributed by atoms with Crippen molar-refractivity contribution in [3.63, 3.8) is 0 Å². The summed E-state index contributed by atoms with van der Waals surface area (Å²) in [7, 11) is -1.53. The third-order valence-electron chi connectivity index (χ3n) is 5.81. The van der Waals surface area contributed by atoms with E-state index in [1.54, 1.807) is 10.8 Å². The molecule has 0 nitrogen and oxygen atoms in total. The molecule has 0 amide bonds. The van der Waals surface area contributed by atoms with E-state index in [2.05, 4.69) is 119 Å². The topological polar surface area (TPSA) is 0 Å². The van der Waals surface area contributed by atoms with Gasteiger partial charge in [-0.2, -0.15) is 0 Å². The zero-order valence-corrected chi connectivity index (χ0v) is 19.1. The predicted molar refractivity (Wildman–Crippen MR) is 130 cm³/mol. The molecule has 1 heteroatoms. The molecule has 0 aromatic heterocycles. The molecule has 0 fully saturated rings. The molecule has 1 aliphatic carbocycles. The van der Waals surface area contributed by atoms with Gasteiger partial charge in [-0.05, 0) is 35.5 Å². The molecular formula is C28H30Si. The van der Waals surface area contributed by atoms with Crippen molar-refractivity contribution in [1.29, 1.82) is 0 Å². The summed E-state index contributed by atoms with van der Waals surface area (Å²) in [6.45, 7) is 9.31. The van der Waals surface area contributed by atoms with Gasteiger partial charge >= 0.3 is 0 Å². The van der Waals surface area contributed by atoms with Crippen LogP contribution in [0.1, 0.15) is 38.3 Å². The van der Waals surface area contributed by atoms with Gasteiger partial charge in [0.25, 0.3) is 0 Å². The van der Waals surface area contributed by atoms with Crippen LogP contribution in [0, 0.1) is 12.3 Å². The SMILES string of the molecule is Cc1cccc(C2=C(C(C)(C)C)C([SiH](c3ccccc3)c3ccccc3)=CC2)c1. The summed E-state index contributed by atoms with van der Waals surface area (Å²) in [5, 5.41) is 4.60. The molecule has 4 rings (SSSR count). The van der Waals surface area contributed by atoms with Gasteiger partial charge in [-0.25, -0.2) is 0 Å². The van der Waals surface area contributed by atoms with E-state index < -0.39 is 8.80 Å². The van der Waals surface area contributed by atoms with E-state index in [4.69, 9.17) is 0 Å². The van der Waals surface area contributed by atoms with E-state index in [1.165, 1.54) is 27.1 Å². The highest BCUT2D eigenvalue weighted by Crippen LogP contribution is 2.44. The largest absolute Gasteiger partial charge is 0.132 e. The number of rotatable bonds is 4. The van der Waals surface area contributed by atoms with E-state index in [1.807, 2.05) is 0 Å². The van der Waals surface area contributed by atoms with Gasteiger partial charge in [0.15, 0.2) is 0 Å². The summed E-state index contributed by atoms with van der Waals surface area (Å²) >= 11 is 0. The predicted octanol–water partition coefficient (Wildman–Crippen LogP) is 5.71. The monoisotopic (exact) mass is 394 g/mol. The van der Waals surface area contributed by atoms with Crippen LogP contribution in [0.5, 0.6) is 0 Å². The van der Waals surface area contributed by atoms with Gasteiger partial charge in [0.2, 0.25) is 0 Å². The summed E-state index contributed by atoms with van der Waals surface area (Å²) in [5.41, 5.74) is 5.90. The molecule has 0 bridgehead atoms. The van der Waals surface area contributed by atoms with Crippen LogP contribution in [0.25, 0.3) is 5.57 Å². The normalized spacial score (nSPS) is 14.4. The minimum Gasteiger partial charge on any atom is -0.0800 e. The smallest absolute Gasteiger partial charge is 0.0800 e. The molecule has 3 aromatic rings. The highest BCUT2D eigenvalue weighted by molar-refractivity contribution is 6.91. The second kappa shape index (κ2) is 8.00. The molecule has 1 aliphatic rings. The van der Waals surface area contributed by atoms with Crippen molar-refractivity contribution in [3.05, 3.63) is 113 Å². The molecule has 3 aromatic carbocycles. The second-order valence-electron chi connectivity index (χ2n) is 9.09. The summed E-state index contributed by atoms with van der Waals surface area (Å²) < 4.78 is 0. The Labute approximate surface area is 177 Å². The number of hydrogen-bond donors (Lipinski definition) is 0. The van der Waals surface area contributed by atoms with Crippen molar-refractivity contribution < 1.29 is 0 Å². The second-order valence-corrected chi connectivity index (χ2v) is 11.9. The van der Waals surface area contributed by atoms with E-state index in [0.717, 1.165) is 6.42 Å². The first-order valence-electron chi connectivity index (χ1n) is 10.6. The molecule has 0 aliphatic heterocycles. The fraction of sp³-hybridized carbons (Fsp3) is 0.214. The summed E-state index contributed by atoms with van der Waals surface area (Å²) in [4.78, 5) is 0. The van der Waals surface area contributed by atoms with Crippen LogP contribution in [0.3, 0.4) is 0 Å². The molecule has 146 valence electrons. The van der Waals surface area contributed by atoms with E-state index in [0.29, 0.717) is 0 Å². The standard InChI is InChI=1S/C28H30Si/c1-21-12-11-13-22(20-21)25-18-19-26(27(25)28(2,3)4)29(23-14-7-5-8-15-23)24-16-9-6-10-17-24/h5-17,19-20,29H,18H2,1-4H3. The average Bonchev–Trinajstić information content (AvgIpc) is 3.15. The lowest BCUT2D eigenvalue weighted by Crippen LogP contribution is -2.45. The van der Waals surface area contributed by atoms with Gasteiger partial charge in [0.05, 0.1) is 0 Å². The molecule has 0 N–H and O–H groups in total. The maximum atomic E-state index is 2.54. The quantitative estimate of drug-likeness (QED) is 0.498. The summed E-state index contributed by atoms with van der Waals surface area (Å²) in [5.74, 6) is 0. The minimum absolute atomic E-state index is 0.107. The number of allylic oxidation sites excluding steroid dienone is 4.